The molecule has 0 aliphatic carbocycles. The zero-order valence-corrected chi connectivity index (χ0v) is 18.5. The lowest BCUT2D eigenvalue weighted by molar-refractivity contribution is 0.203. The van der Waals surface area contributed by atoms with Gasteiger partial charge in [0.05, 0.1) is 6.54 Å². The summed E-state index contributed by atoms with van der Waals surface area (Å²) >= 11 is 2.05. The summed E-state index contributed by atoms with van der Waals surface area (Å²) in [4.78, 5) is 9.75. The highest BCUT2D eigenvalue weighted by molar-refractivity contribution is 8.00. The summed E-state index contributed by atoms with van der Waals surface area (Å²) < 4.78 is 0.277. The summed E-state index contributed by atoms with van der Waals surface area (Å²) in [5.41, 5.74) is 2.53. The van der Waals surface area contributed by atoms with E-state index in [4.69, 9.17) is 4.99 Å². The molecule has 0 spiro atoms. The summed E-state index contributed by atoms with van der Waals surface area (Å²) in [5, 5.41) is 12.8. The Bertz CT molecular complexity index is 638. The molecule has 0 saturated carbocycles. The van der Waals surface area contributed by atoms with Crippen molar-refractivity contribution in [3.63, 3.8) is 0 Å². The Labute approximate surface area is 174 Å². The number of aliphatic hydroxyl groups is 1. The number of hydrogen-bond acceptors (Lipinski definition) is 4. The second-order valence-electron chi connectivity index (χ2n) is 8.48. The Morgan fingerprint density at radius 3 is 2.54 bits per heavy atom. The van der Waals surface area contributed by atoms with Crippen LogP contribution in [0.1, 0.15) is 39.2 Å². The van der Waals surface area contributed by atoms with Gasteiger partial charge in [0.1, 0.15) is 0 Å². The summed E-state index contributed by atoms with van der Waals surface area (Å²) in [6.45, 7) is 12.9. The van der Waals surface area contributed by atoms with Crippen LogP contribution in [0.25, 0.3) is 0 Å². The van der Waals surface area contributed by atoms with E-state index in [0.717, 1.165) is 57.3 Å². The zero-order valence-electron chi connectivity index (χ0n) is 17.7. The Morgan fingerprint density at radius 1 is 1.21 bits per heavy atom. The van der Waals surface area contributed by atoms with E-state index < -0.39 is 0 Å². The predicted octanol–water partition coefficient (Wildman–Crippen LogP) is 3.19. The Kier molecular flexibility index (Phi) is 7.52. The van der Waals surface area contributed by atoms with Crippen LogP contribution < -0.4 is 10.2 Å². The maximum atomic E-state index is 9.31. The lowest BCUT2D eigenvalue weighted by atomic mass is 9.97. The van der Waals surface area contributed by atoms with Gasteiger partial charge in [0, 0.05) is 55.5 Å². The first-order valence-electron chi connectivity index (χ1n) is 10.6. The van der Waals surface area contributed by atoms with E-state index in [1.54, 1.807) is 0 Å². The molecule has 2 aliphatic rings. The van der Waals surface area contributed by atoms with Crippen molar-refractivity contribution in [3.05, 3.63) is 29.8 Å². The van der Waals surface area contributed by atoms with Crippen molar-refractivity contribution in [2.75, 3.05) is 50.0 Å². The molecule has 2 saturated heterocycles. The summed E-state index contributed by atoms with van der Waals surface area (Å²) in [7, 11) is 0. The van der Waals surface area contributed by atoms with Crippen LogP contribution in [0, 0.1) is 5.92 Å². The lowest BCUT2D eigenvalue weighted by Crippen LogP contribution is -2.50. The Morgan fingerprint density at radius 2 is 1.93 bits per heavy atom. The number of benzene rings is 1. The van der Waals surface area contributed by atoms with Gasteiger partial charge in [-0.2, -0.15) is 11.8 Å². The minimum Gasteiger partial charge on any atom is -0.396 e. The van der Waals surface area contributed by atoms with Gasteiger partial charge in [-0.3, -0.25) is 0 Å². The summed E-state index contributed by atoms with van der Waals surface area (Å²) in [6.07, 6.45) is 2.16. The SMILES string of the molecule is CCNC(=NCc1ccc(N2CCC(CO)CC2)cc1)N1CCSC(C)(C)C1. The third kappa shape index (κ3) is 5.80. The fourth-order valence-electron chi connectivity index (χ4n) is 3.98. The molecule has 28 heavy (non-hydrogen) atoms. The van der Waals surface area contributed by atoms with Crippen molar-refractivity contribution >= 4 is 23.4 Å². The smallest absolute Gasteiger partial charge is 0.194 e. The number of rotatable bonds is 5. The number of thioether (sulfide) groups is 1. The minimum atomic E-state index is 0.277. The molecule has 1 aromatic carbocycles. The number of nitrogens with zero attached hydrogens (tertiary/aromatic N) is 3. The van der Waals surface area contributed by atoms with E-state index in [2.05, 4.69) is 60.2 Å². The van der Waals surface area contributed by atoms with Crippen molar-refractivity contribution in [1.29, 1.82) is 0 Å². The Hall–Kier alpha value is -1.40. The minimum absolute atomic E-state index is 0.277. The van der Waals surface area contributed by atoms with Crippen molar-refractivity contribution in [3.8, 4) is 0 Å². The van der Waals surface area contributed by atoms with Crippen LogP contribution in [0.3, 0.4) is 0 Å². The molecule has 0 atom stereocenters. The van der Waals surface area contributed by atoms with Crippen LogP contribution in [-0.4, -0.2) is 65.8 Å². The number of hydrogen-bond donors (Lipinski definition) is 2. The fourth-order valence-corrected chi connectivity index (χ4v) is 5.09. The fraction of sp³-hybridized carbons (Fsp3) is 0.682. The molecule has 2 fully saturated rings. The maximum absolute atomic E-state index is 9.31. The van der Waals surface area contributed by atoms with Gasteiger partial charge in [-0.1, -0.05) is 12.1 Å². The standard InChI is InChI=1S/C22H36N4OS/c1-4-23-21(26-13-14-28-22(2,3)17-26)24-15-18-5-7-20(8-6-18)25-11-9-19(16-27)10-12-25/h5-8,19,27H,4,9-17H2,1-3H3,(H,23,24). The first-order valence-corrected chi connectivity index (χ1v) is 11.6. The monoisotopic (exact) mass is 404 g/mol. The topological polar surface area (TPSA) is 51.1 Å². The predicted molar refractivity (Wildman–Crippen MR) is 121 cm³/mol. The van der Waals surface area contributed by atoms with Crippen LogP contribution in [0.4, 0.5) is 5.69 Å². The first-order chi connectivity index (χ1) is 13.5. The molecule has 1 aromatic rings. The van der Waals surface area contributed by atoms with Crippen molar-refractivity contribution in [2.24, 2.45) is 10.9 Å². The molecule has 0 radical (unpaired) electrons. The number of anilines is 1. The molecule has 2 N–H and O–H groups in total. The normalized spacial score (nSPS) is 21.1. The van der Waals surface area contributed by atoms with Crippen LogP contribution in [-0.2, 0) is 6.54 Å². The molecule has 2 aliphatic heterocycles. The van der Waals surface area contributed by atoms with Gasteiger partial charge in [0.15, 0.2) is 5.96 Å². The molecule has 0 unspecified atom stereocenters. The highest BCUT2D eigenvalue weighted by Crippen LogP contribution is 2.29. The van der Waals surface area contributed by atoms with Gasteiger partial charge >= 0.3 is 0 Å². The molecular weight excluding hydrogens is 368 g/mol. The molecule has 6 heteroatoms. The van der Waals surface area contributed by atoms with E-state index in [0.29, 0.717) is 19.1 Å². The van der Waals surface area contributed by atoms with Gasteiger partial charge in [-0.25, -0.2) is 4.99 Å². The number of aliphatic imine (C=N–C) groups is 1. The number of nitrogens with one attached hydrogen (secondary N) is 1. The van der Waals surface area contributed by atoms with E-state index in [1.165, 1.54) is 11.3 Å². The van der Waals surface area contributed by atoms with E-state index >= 15 is 0 Å². The number of piperidine rings is 1. The summed E-state index contributed by atoms with van der Waals surface area (Å²) in [6, 6.07) is 8.85. The molecule has 0 aromatic heterocycles. The van der Waals surface area contributed by atoms with Gasteiger partial charge < -0.3 is 20.2 Å². The highest BCUT2D eigenvalue weighted by Gasteiger charge is 2.28. The van der Waals surface area contributed by atoms with Gasteiger partial charge in [0.25, 0.3) is 0 Å². The number of aliphatic hydroxyl groups excluding tert-OH is 1. The number of guanidine groups is 1. The average molecular weight is 405 g/mol. The largest absolute Gasteiger partial charge is 0.396 e. The van der Waals surface area contributed by atoms with E-state index in [9.17, 15) is 5.11 Å². The maximum Gasteiger partial charge on any atom is 0.194 e. The van der Waals surface area contributed by atoms with Crippen LogP contribution >= 0.6 is 11.8 Å². The lowest BCUT2D eigenvalue weighted by Gasteiger charge is -2.39. The van der Waals surface area contributed by atoms with Gasteiger partial charge in [-0.15, -0.1) is 0 Å². The van der Waals surface area contributed by atoms with Gasteiger partial charge in [0.2, 0.25) is 0 Å². The second-order valence-corrected chi connectivity index (χ2v) is 10.3. The highest BCUT2D eigenvalue weighted by atomic mass is 32.2. The average Bonchev–Trinajstić information content (AvgIpc) is 2.71. The molecule has 3 rings (SSSR count). The van der Waals surface area contributed by atoms with Crippen molar-refractivity contribution < 1.29 is 5.11 Å². The molecule has 2 heterocycles. The third-order valence-corrected chi connectivity index (χ3v) is 6.94. The van der Waals surface area contributed by atoms with Crippen molar-refractivity contribution in [2.45, 2.75) is 44.9 Å². The van der Waals surface area contributed by atoms with Crippen molar-refractivity contribution in [1.82, 2.24) is 10.2 Å². The van der Waals surface area contributed by atoms with Crippen LogP contribution in [0.15, 0.2) is 29.3 Å². The third-order valence-electron chi connectivity index (χ3n) is 5.65. The zero-order chi connectivity index (χ0) is 20.0. The second kappa shape index (κ2) is 9.88. The molecule has 0 bridgehead atoms. The van der Waals surface area contributed by atoms with Crippen LogP contribution in [0.2, 0.25) is 0 Å². The van der Waals surface area contributed by atoms with E-state index in [1.807, 2.05) is 11.8 Å². The van der Waals surface area contributed by atoms with Crippen LogP contribution in [0.5, 0.6) is 0 Å². The molecule has 156 valence electrons. The molecule has 0 amide bonds. The quantitative estimate of drug-likeness (QED) is 0.583. The first kappa shape index (κ1) is 21.3. The molecule has 5 nitrogen and oxygen atoms in total. The molecular formula is C22H36N4OS. The Balaban J connectivity index is 1.60. The summed E-state index contributed by atoms with van der Waals surface area (Å²) in [5.74, 6) is 2.66. The van der Waals surface area contributed by atoms with E-state index in [-0.39, 0.29) is 4.75 Å². The van der Waals surface area contributed by atoms with Gasteiger partial charge in [-0.05, 0) is 57.2 Å².